The van der Waals surface area contributed by atoms with Gasteiger partial charge in [-0.2, -0.15) is 5.10 Å². The monoisotopic (exact) mass is 231 g/mol. The molecule has 0 radical (unpaired) electrons. The third-order valence-corrected chi connectivity index (χ3v) is 2.48. The molecule has 0 atom stereocenters. The fourth-order valence-corrected chi connectivity index (χ4v) is 1.59. The molecule has 0 aliphatic rings. The van der Waals surface area contributed by atoms with Crippen molar-refractivity contribution in [3.05, 3.63) is 30.1 Å². The molecule has 0 fully saturated rings. The first-order chi connectivity index (χ1) is 8.22. The lowest BCUT2D eigenvalue weighted by Crippen LogP contribution is -1.94. The first-order valence-electron chi connectivity index (χ1n) is 5.87. The molecule has 0 unspecified atom stereocenters. The van der Waals surface area contributed by atoms with E-state index in [1.54, 1.807) is 0 Å². The lowest BCUT2D eigenvalue weighted by molar-refractivity contribution is 0.341. The highest BCUT2D eigenvalue weighted by atomic mass is 16.5. The van der Waals surface area contributed by atoms with E-state index in [0.29, 0.717) is 18.3 Å². The van der Waals surface area contributed by atoms with E-state index < -0.39 is 0 Å². The van der Waals surface area contributed by atoms with Crippen LogP contribution in [0, 0.1) is 0 Å². The van der Waals surface area contributed by atoms with Gasteiger partial charge in [-0.05, 0) is 19.1 Å². The Hall–Kier alpha value is -1.84. The summed E-state index contributed by atoms with van der Waals surface area (Å²) in [7, 11) is 0. The van der Waals surface area contributed by atoms with Gasteiger partial charge in [0.1, 0.15) is 11.6 Å². The number of H-pyrrole nitrogens is 1. The lowest BCUT2D eigenvalue weighted by atomic mass is 10.2. The van der Waals surface area contributed by atoms with E-state index in [1.165, 1.54) is 0 Å². The van der Waals surface area contributed by atoms with Gasteiger partial charge in [-0.1, -0.05) is 26.0 Å². The smallest absolute Gasteiger partial charge is 0.184 e. The topological polar surface area (TPSA) is 50.8 Å². The van der Waals surface area contributed by atoms with E-state index in [-0.39, 0.29) is 0 Å². The molecule has 1 aromatic carbocycles. The van der Waals surface area contributed by atoms with Crippen LogP contribution >= 0.6 is 0 Å². The molecule has 2 aromatic rings. The predicted molar refractivity (Wildman–Crippen MR) is 67.1 cm³/mol. The molecule has 0 saturated carbocycles. The van der Waals surface area contributed by atoms with Crippen LogP contribution in [0.4, 0.5) is 0 Å². The van der Waals surface area contributed by atoms with Crippen molar-refractivity contribution in [1.29, 1.82) is 0 Å². The number of benzene rings is 1. The molecule has 4 heteroatoms. The summed E-state index contributed by atoms with van der Waals surface area (Å²) in [5.41, 5.74) is 0.928. The third-order valence-electron chi connectivity index (χ3n) is 2.48. The minimum atomic E-state index is 0.343. The van der Waals surface area contributed by atoms with Crippen LogP contribution in [-0.2, 0) is 0 Å². The number of rotatable bonds is 4. The van der Waals surface area contributed by atoms with E-state index in [1.807, 2.05) is 31.2 Å². The van der Waals surface area contributed by atoms with Gasteiger partial charge in [0.2, 0.25) is 0 Å². The van der Waals surface area contributed by atoms with Gasteiger partial charge in [-0.25, -0.2) is 4.98 Å². The van der Waals surface area contributed by atoms with Gasteiger partial charge in [0.15, 0.2) is 5.82 Å². The molecule has 90 valence electrons. The zero-order chi connectivity index (χ0) is 12.3. The summed E-state index contributed by atoms with van der Waals surface area (Å²) >= 11 is 0. The van der Waals surface area contributed by atoms with Gasteiger partial charge in [0.05, 0.1) is 12.2 Å². The van der Waals surface area contributed by atoms with Crippen molar-refractivity contribution in [2.75, 3.05) is 6.61 Å². The molecule has 17 heavy (non-hydrogen) atoms. The Morgan fingerprint density at radius 3 is 2.71 bits per heavy atom. The van der Waals surface area contributed by atoms with Crippen molar-refractivity contribution >= 4 is 0 Å². The molecule has 1 heterocycles. The fourth-order valence-electron chi connectivity index (χ4n) is 1.59. The highest BCUT2D eigenvalue weighted by Crippen LogP contribution is 2.27. The van der Waals surface area contributed by atoms with Gasteiger partial charge in [0, 0.05) is 5.92 Å². The summed E-state index contributed by atoms with van der Waals surface area (Å²) in [5, 5.41) is 7.19. The van der Waals surface area contributed by atoms with Crippen LogP contribution in [0.1, 0.15) is 32.5 Å². The number of nitrogens with one attached hydrogen (secondary N) is 1. The highest BCUT2D eigenvalue weighted by molar-refractivity contribution is 5.63. The summed E-state index contributed by atoms with van der Waals surface area (Å²) in [4.78, 5) is 4.48. The molecular weight excluding hydrogens is 214 g/mol. The highest BCUT2D eigenvalue weighted by Gasteiger charge is 2.12. The van der Waals surface area contributed by atoms with E-state index in [0.717, 1.165) is 17.1 Å². The Morgan fingerprint density at radius 2 is 2.06 bits per heavy atom. The molecule has 1 N–H and O–H groups in total. The van der Waals surface area contributed by atoms with Crippen LogP contribution in [0.25, 0.3) is 11.4 Å². The van der Waals surface area contributed by atoms with E-state index in [9.17, 15) is 0 Å². The number of ether oxygens (including phenoxy) is 1. The number of para-hydroxylation sites is 1. The molecule has 0 saturated heterocycles. The summed E-state index contributed by atoms with van der Waals surface area (Å²) in [6, 6.07) is 7.82. The number of aromatic nitrogens is 3. The van der Waals surface area contributed by atoms with Crippen molar-refractivity contribution in [3.8, 4) is 17.1 Å². The fraction of sp³-hybridized carbons (Fsp3) is 0.385. The van der Waals surface area contributed by atoms with Gasteiger partial charge in [-0.3, -0.25) is 5.10 Å². The Labute approximate surface area is 101 Å². The standard InChI is InChI=1S/C13H17N3O/c1-4-17-11-8-6-5-7-10(11)13-14-12(9(2)3)15-16-13/h5-9H,4H2,1-3H3,(H,14,15,16). The second kappa shape index (κ2) is 4.99. The number of nitrogens with zero attached hydrogens (tertiary/aromatic N) is 2. The zero-order valence-electron chi connectivity index (χ0n) is 10.4. The second-order valence-corrected chi connectivity index (χ2v) is 4.13. The molecule has 4 nitrogen and oxygen atoms in total. The molecular formula is C13H17N3O. The molecule has 0 aliphatic carbocycles. The number of hydrogen-bond donors (Lipinski definition) is 1. The molecule has 0 bridgehead atoms. The van der Waals surface area contributed by atoms with Gasteiger partial charge < -0.3 is 4.74 Å². The van der Waals surface area contributed by atoms with Crippen LogP contribution in [0.15, 0.2) is 24.3 Å². The van der Waals surface area contributed by atoms with Crippen LogP contribution in [0.3, 0.4) is 0 Å². The second-order valence-electron chi connectivity index (χ2n) is 4.13. The van der Waals surface area contributed by atoms with Crippen LogP contribution in [0.5, 0.6) is 5.75 Å². The Bertz CT molecular complexity index is 491. The van der Waals surface area contributed by atoms with Gasteiger partial charge >= 0.3 is 0 Å². The van der Waals surface area contributed by atoms with Crippen molar-refractivity contribution in [1.82, 2.24) is 15.2 Å². The minimum absolute atomic E-state index is 0.343. The number of hydrogen-bond acceptors (Lipinski definition) is 3. The largest absolute Gasteiger partial charge is 0.493 e. The summed E-state index contributed by atoms with van der Waals surface area (Å²) in [5.74, 6) is 2.75. The lowest BCUT2D eigenvalue weighted by Gasteiger charge is -2.06. The van der Waals surface area contributed by atoms with Crippen molar-refractivity contribution in [2.45, 2.75) is 26.7 Å². The van der Waals surface area contributed by atoms with Gasteiger partial charge in [0.25, 0.3) is 0 Å². The van der Waals surface area contributed by atoms with Crippen molar-refractivity contribution in [2.24, 2.45) is 0 Å². The van der Waals surface area contributed by atoms with E-state index in [2.05, 4.69) is 29.0 Å². The Kier molecular flexibility index (Phi) is 3.42. The normalized spacial score (nSPS) is 10.8. The average Bonchev–Trinajstić information content (AvgIpc) is 2.79. The van der Waals surface area contributed by atoms with E-state index in [4.69, 9.17) is 4.74 Å². The molecule has 1 aromatic heterocycles. The summed E-state index contributed by atoms with van der Waals surface area (Å²) in [6.07, 6.45) is 0. The average molecular weight is 231 g/mol. The first-order valence-corrected chi connectivity index (χ1v) is 5.87. The van der Waals surface area contributed by atoms with Crippen LogP contribution < -0.4 is 4.74 Å². The predicted octanol–water partition coefficient (Wildman–Crippen LogP) is 2.99. The van der Waals surface area contributed by atoms with E-state index >= 15 is 0 Å². The SMILES string of the molecule is CCOc1ccccc1-c1n[nH]c(C(C)C)n1. The zero-order valence-corrected chi connectivity index (χ0v) is 10.4. The quantitative estimate of drug-likeness (QED) is 0.880. The maximum Gasteiger partial charge on any atom is 0.184 e. The summed E-state index contributed by atoms with van der Waals surface area (Å²) < 4.78 is 5.57. The minimum Gasteiger partial charge on any atom is -0.493 e. The number of aromatic amines is 1. The molecule has 0 aliphatic heterocycles. The third kappa shape index (κ3) is 2.46. The molecule has 2 rings (SSSR count). The maximum absolute atomic E-state index is 5.57. The molecule has 0 spiro atoms. The Morgan fingerprint density at radius 1 is 1.29 bits per heavy atom. The van der Waals surface area contributed by atoms with Crippen LogP contribution in [-0.4, -0.2) is 21.8 Å². The van der Waals surface area contributed by atoms with Crippen molar-refractivity contribution < 1.29 is 4.74 Å². The van der Waals surface area contributed by atoms with Gasteiger partial charge in [-0.15, -0.1) is 0 Å². The first kappa shape index (κ1) is 11.6. The molecule has 0 amide bonds. The van der Waals surface area contributed by atoms with Crippen LogP contribution in [0.2, 0.25) is 0 Å². The maximum atomic E-state index is 5.57. The summed E-state index contributed by atoms with van der Waals surface area (Å²) in [6.45, 7) is 6.77. The Balaban J connectivity index is 2.38. The van der Waals surface area contributed by atoms with Crippen molar-refractivity contribution in [3.63, 3.8) is 0 Å².